The molecule has 0 spiro atoms. The van der Waals surface area contributed by atoms with Gasteiger partial charge >= 0.3 is 5.97 Å². The Morgan fingerprint density at radius 1 is 1.62 bits per heavy atom. The van der Waals surface area contributed by atoms with Gasteiger partial charge in [0.25, 0.3) is 0 Å². The van der Waals surface area contributed by atoms with Crippen LogP contribution in [0.1, 0.15) is 35.9 Å². The van der Waals surface area contributed by atoms with E-state index in [2.05, 4.69) is 21.0 Å². The Morgan fingerprint density at radius 2 is 2.15 bits per heavy atom. The lowest BCUT2D eigenvalue weighted by Gasteiger charge is -2.05. The van der Waals surface area contributed by atoms with E-state index in [9.17, 15) is 4.79 Å². The van der Waals surface area contributed by atoms with Gasteiger partial charge in [0.15, 0.2) is 5.69 Å². The van der Waals surface area contributed by atoms with Crippen molar-refractivity contribution < 1.29 is 9.90 Å². The highest BCUT2D eigenvalue weighted by Gasteiger charge is 2.18. The van der Waals surface area contributed by atoms with E-state index in [1.807, 2.05) is 13.8 Å². The molecule has 0 bridgehead atoms. The molecule has 0 saturated heterocycles. The lowest BCUT2D eigenvalue weighted by Crippen LogP contribution is -2.05. The summed E-state index contributed by atoms with van der Waals surface area (Å²) in [6, 6.07) is 0.154. The topological polar surface area (TPSA) is 55.1 Å². The molecule has 0 atom stereocenters. The highest BCUT2D eigenvalue weighted by atomic mass is 79.9. The molecule has 5 heteroatoms. The van der Waals surface area contributed by atoms with E-state index in [-0.39, 0.29) is 11.7 Å². The molecule has 0 aliphatic rings. The fraction of sp³-hybridized carbons (Fsp3) is 0.500. The van der Waals surface area contributed by atoms with Crippen LogP contribution in [0, 0.1) is 6.92 Å². The molecule has 13 heavy (non-hydrogen) atoms. The Hall–Kier alpha value is -0.840. The molecule has 1 heterocycles. The predicted molar refractivity (Wildman–Crippen MR) is 52.0 cm³/mol. The molecular weight excluding hydrogens is 236 g/mol. The minimum Gasteiger partial charge on any atom is -0.476 e. The van der Waals surface area contributed by atoms with Gasteiger partial charge in [-0.1, -0.05) is 0 Å². The van der Waals surface area contributed by atoms with Gasteiger partial charge in [0.05, 0.1) is 0 Å². The Labute approximate surface area is 84.7 Å². The molecular formula is C8H11BrN2O2. The molecule has 0 aliphatic carbocycles. The van der Waals surface area contributed by atoms with Crippen molar-refractivity contribution in [2.24, 2.45) is 0 Å². The lowest BCUT2D eigenvalue weighted by molar-refractivity contribution is 0.0688. The van der Waals surface area contributed by atoms with Crippen molar-refractivity contribution in [3.63, 3.8) is 0 Å². The fourth-order valence-electron chi connectivity index (χ4n) is 1.04. The van der Waals surface area contributed by atoms with E-state index >= 15 is 0 Å². The maximum absolute atomic E-state index is 10.7. The third-order valence-electron chi connectivity index (χ3n) is 1.77. The number of aromatic carboxylic acids is 1. The van der Waals surface area contributed by atoms with Gasteiger partial charge in [-0.05, 0) is 36.7 Å². The molecule has 1 rings (SSSR count). The van der Waals surface area contributed by atoms with Crippen LogP contribution in [0.25, 0.3) is 0 Å². The number of carbonyl (C=O) groups is 1. The lowest BCUT2D eigenvalue weighted by atomic mass is 10.3. The first-order valence-corrected chi connectivity index (χ1v) is 4.72. The summed E-state index contributed by atoms with van der Waals surface area (Å²) < 4.78 is 2.39. The van der Waals surface area contributed by atoms with Crippen LogP contribution in [0.2, 0.25) is 0 Å². The summed E-state index contributed by atoms with van der Waals surface area (Å²) in [6.45, 7) is 5.63. The number of aromatic nitrogens is 2. The quantitative estimate of drug-likeness (QED) is 0.871. The van der Waals surface area contributed by atoms with Crippen LogP contribution in [0.3, 0.4) is 0 Å². The molecule has 0 radical (unpaired) electrons. The van der Waals surface area contributed by atoms with E-state index in [1.165, 1.54) is 0 Å². The zero-order valence-electron chi connectivity index (χ0n) is 7.71. The molecule has 72 valence electrons. The summed E-state index contributed by atoms with van der Waals surface area (Å²) >= 11 is 3.31. The molecule has 0 saturated carbocycles. The number of rotatable bonds is 2. The van der Waals surface area contributed by atoms with E-state index < -0.39 is 5.97 Å². The Kier molecular flexibility index (Phi) is 2.75. The second-order valence-electron chi connectivity index (χ2n) is 3.11. The minimum absolute atomic E-state index is 0.112. The van der Waals surface area contributed by atoms with Crippen molar-refractivity contribution in [3.8, 4) is 0 Å². The summed E-state index contributed by atoms with van der Waals surface area (Å²) in [5.41, 5.74) is 0.779. The molecule has 0 amide bonds. The largest absolute Gasteiger partial charge is 0.476 e. The third-order valence-corrected chi connectivity index (χ3v) is 2.72. The Balaban J connectivity index is 3.28. The van der Waals surface area contributed by atoms with Crippen molar-refractivity contribution in [1.82, 2.24) is 9.78 Å². The second-order valence-corrected chi connectivity index (χ2v) is 3.86. The van der Waals surface area contributed by atoms with Crippen LogP contribution in [-0.2, 0) is 0 Å². The van der Waals surface area contributed by atoms with Gasteiger partial charge in [0.2, 0.25) is 0 Å². The van der Waals surface area contributed by atoms with Crippen molar-refractivity contribution >= 4 is 21.9 Å². The molecule has 0 fully saturated rings. The summed E-state index contributed by atoms with van der Waals surface area (Å²) in [5, 5.41) is 12.8. The number of carboxylic acids is 1. The van der Waals surface area contributed by atoms with Crippen LogP contribution in [-0.4, -0.2) is 20.9 Å². The Morgan fingerprint density at radius 3 is 2.38 bits per heavy atom. The summed E-state index contributed by atoms with van der Waals surface area (Å²) in [6.07, 6.45) is 0. The fourth-order valence-corrected chi connectivity index (χ4v) is 1.72. The molecule has 1 aromatic heterocycles. The van der Waals surface area contributed by atoms with Crippen LogP contribution in [0.5, 0.6) is 0 Å². The monoisotopic (exact) mass is 246 g/mol. The van der Waals surface area contributed by atoms with Gasteiger partial charge < -0.3 is 5.11 Å². The number of hydrogen-bond acceptors (Lipinski definition) is 2. The minimum atomic E-state index is -0.988. The number of hydrogen-bond donors (Lipinski definition) is 1. The van der Waals surface area contributed by atoms with E-state index in [0.717, 1.165) is 4.60 Å². The smallest absolute Gasteiger partial charge is 0.356 e. The summed E-state index contributed by atoms with van der Waals surface area (Å²) in [7, 11) is 0. The zero-order chi connectivity index (χ0) is 10.2. The molecule has 0 aliphatic heterocycles. The van der Waals surface area contributed by atoms with Crippen LogP contribution < -0.4 is 0 Å². The normalized spacial score (nSPS) is 10.8. The van der Waals surface area contributed by atoms with Crippen molar-refractivity contribution in [2.45, 2.75) is 26.8 Å². The standard InChI is InChI=1S/C8H11BrN2O2/c1-4(2)11-7(9)5(3)6(10-11)8(12)13/h4H,1-3H3,(H,12,13). The molecule has 0 aromatic carbocycles. The van der Waals surface area contributed by atoms with E-state index in [1.54, 1.807) is 11.6 Å². The van der Waals surface area contributed by atoms with Gasteiger partial charge in [0, 0.05) is 11.6 Å². The van der Waals surface area contributed by atoms with Crippen molar-refractivity contribution in [3.05, 3.63) is 15.9 Å². The maximum Gasteiger partial charge on any atom is 0.356 e. The van der Waals surface area contributed by atoms with Crippen LogP contribution >= 0.6 is 15.9 Å². The first-order valence-electron chi connectivity index (χ1n) is 3.93. The first-order chi connectivity index (χ1) is 5.95. The third kappa shape index (κ3) is 1.75. The van der Waals surface area contributed by atoms with Gasteiger partial charge in [-0.15, -0.1) is 0 Å². The van der Waals surface area contributed by atoms with Gasteiger partial charge in [-0.3, -0.25) is 4.68 Å². The van der Waals surface area contributed by atoms with Crippen molar-refractivity contribution in [1.29, 1.82) is 0 Å². The highest BCUT2D eigenvalue weighted by molar-refractivity contribution is 9.10. The van der Waals surface area contributed by atoms with E-state index in [0.29, 0.717) is 5.56 Å². The van der Waals surface area contributed by atoms with Crippen LogP contribution in [0.15, 0.2) is 4.60 Å². The zero-order valence-corrected chi connectivity index (χ0v) is 9.29. The highest BCUT2D eigenvalue weighted by Crippen LogP contribution is 2.22. The molecule has 4 nitrogen and oxygen atoms in total. The second kappa shape index (κ2) is 3.49. The molecule has 0 unspecified atom stereocenters. The SMILES string of the molecule is Cc1c(C(=O)O)nn(C(C)C)c1Br. The van der Waals surface area contributed by atoms with Gasteiger partial charge in [-0.2, -0.15) is 5.10 Å². The molecule has 1 aromatic rings. The number of halogens is 1. The average molecular weight is 247 g/mol. The van der Waals surface area contributed by atoms with Gasteiger partial charge in [0.1, 0.15) is 4.60 Å². The molecule has 1 N–H and O–H groups in total. The average Bonchev–Trinajstić information content (AvgIpc) is 2.29. The van der Waals surface area contributed by atoms with Crippen LogP contribution in [0.4, 0.5) is 0 Å². The Bertz CT molecular complexity index is 344. The predicted octanol–water partition coefficient (Wildman–Crippen LogP) is 2.23. The number of nitrogens with zero attached hydrogens (tertiary/aromatic N) is 2. The summed E-state index contributed by atoms with van der Waals surface area (Å²) in [4.78, 5) is 10.7. The van der Waals surface area contributed by atoms with E-state index in [4.69, 9.17) is 5.11 Å². The summed E-state index contributed by atoms with van der Waals surface area (Å²) in [5.74, 6) is -0.988. The first kappa shape index (κ1) is 10.2. The van der Waals surface area contributed by atoms with Gasteiger partial charge in [-0.25, -0.2) is 4.79 Å². The maximum atomic E-state index is 10.7. The van der Waals surface area contributed by atoms with Crippen molar-refractivity contribution in [2.75, 3.05) is 0 Å². The number of carboxylic acid groups (broad SMARTS) is 1.